The second-order valence-electron chi connectivity index (χ2n) is 12.3. The van der Waals surface area contributed by atoms with Crippen LogP contribution in [0.4, 0.5) is 0 Å². The van der Waals surface area contributed by atoms with Crippen molar-refractivity contribution in [2.75, 3.05) is 52.5 Å². The Hall–Kier alpha value is -5.51. The molecule has 5 N–H and O–H groups in total. The van der Waals surface area contributed by atoms with E-state index in [1.54, 1.807) is 6.07 Å². The molecule has 282 valence electrons. The highest BCUT2D eigenvalue weighted by molar-refractivity contribution is 7.22. The van der Waals surface area contributed by atoms with Gasteiger partial charge < -0.3 is 35.0 Å². The number of phenolic OH excluding ortho intramolecular Hbond substituents is 1. The minimum absolute atomic E-state index is 0.0362. The smallest absolute Gasteiger partial charge is 0.414 e. The zero-order chi connectivity index (χ0) is 38.5. The van der Waals surface area contributed by atoms with Crippen molar-refractivity contribution < 1.29 is 59.0 Å². The Morgan fingerprint density at radius 2 is 1.09 bits per heavy atom. The lowest BCUT2D eigenvalue weighted by molar-refractivity contribution is -0.159. The topological polar surface area (TPSA) is 211 Å². The second kappa shape index (κ2) is 19.4. The maximum Gasteiger partial charge on any atom is 0.414 e. The number of carbonyl (C=O) groups excluding carboxylic acids is 1. The molecule has 53 heavy (non-hydrogen) atoms. The number of ether oxygens (including phenoxy) is 2. The van der Waals surface area contributed by atoms with Crippen LogP contribution in [0, 0.1) is 6.92 Å². The average Bonchev–Trinajstić information content (AvgIpc) is 3.92. The molecule has 1 aromatic heterocycles. The molecule has 0 amide bonds. The molecule has 0 atom stereocenters. The summed E-state index contributed by atoms with van der Waals surface area (Å²) in [6.45, 7) is 9.68. The molecule has 2 aliphatic rings. The molecule has 0 radical (unpaired) electrons. The predicted octanol–water partition coefficient (Wildman–Crippen LogP) is 5.07. The normalized spacial score (nSPS) is 14.1. The third-order valence-corrected chi connectivity index (χ3v) is 9.78. The van der Waals surface area contributed by atoms with E-state index in [1.807, 2.05) is 61.5 Å². The van der Waals surface area contributed by atoms with Crippen LogP contribution in [0.1, 0.15) is 47.2 Å². The van der Waals surface area contributed by atoms with E-state index in [0.29, 0.717) is 24.3 Å². The lowest BCUT2D eigenvalue weighted by atomic mass is 9.96. The first kappa shape index (κ1) is 40.3. The van der Waals surface area contributed by atoms with Gasteiger partial charge in [-0.2, -0.15) is 0 Å². The van der Waals surface area contributed by atoms with Crippen molar-refractivity contribution in [3.8, 4) is 27.7 Å². The molecule has 0 spiro atoms. The average molecular weight is 751 g/mol. The summed E-state index contributed by atoms with van der Waals surface area (Å²) in [5, 5.41) is 40.8. The Morgan fingerprint density at radius 1 is 0.660 bits per heavy atom. The highest BCUT2D eigenvalue weighted by Crippen LogP contribution is 2.42. The monoisotopic (exact) mass is 750 g/mol. The maximum atomic E-state index is 14.0. The summed E-state index contributed by atoms with van der Waals surface area (Å²) in [5.41, 5.74) is 2.99. The molecular formula is C38H42N2O12S. The molecule has 3 heterocycles. The molecule has 2 saturated heterocycles. The lowest BCUT2D eigenvalue weighted by Gasteiger charge is -2.15. The standard InChI is InChI=1S/C34H38N2O4S.2C2H2O4/c1-24-22-29-31(23-30(24)37)41-34(26-8-12-28(13-9-26)40-21-19-36-16-4-5-17-36)32(29)33(38)25-6-10-27(11-7-25)39-20-18-35-14-2-3-15-35;2*3-1(4)2(5)6/h6-13,22-23,37H,2-5,14-21H2,1H3;2*(H,3,4)(H,5,6). The van der Waals surface area contributed by atoms with Gasteiger partial charge in [0.2, 0.25) is 0 Å². The van der Waals surface area contributed by atoms with Crippen LogP contribution in [0.15, 0.2) is 60.7 Å². The van der Waals surface area contributed by atoms with Gasteiger partial charge in [0.15, 0.2) is 5.78 Å². The van der Waals surface area contributed by atoms with Gasteiger partial charge in [0, 0.05) is 39.2 Å². The van der Waals surface area contributed by atoms with Gasteiger partial charge in [0.05, 0.1) is 0 Å². The molecule has 2 fully saturated rings. The number of aliphatic carboxylic acids is 4. The fourth-order valence-corrected chi connectivity index (χ4v) is 7.04. The van der Waals surface area contributed by atoms with Crippen LogP contribution in [-0.2, 0) is 19.2 Å². The molecule has 0 unspecified atom stereocenters. The van der Waals surface area contributed by atoms with Crippen LogP contribution >= 0.6 is 11.3 Å². The van der Waals surface area contributed by atoms with Crippen LogP contribution in [-0.4, -0.2) is 117 Å². The molecule has 0 bridgehead atoms. The van der Waals surface area contributed by atoms with Crippen LogP contribution < -0.4 is 9.47 Å². The van der Waals surface area contributed by atoms with E-state index < -0.39 is 23.9 Å². The summed E-state index contributed by atoms with van der Waals surface area (Å²) in [6.07, 6.45) is 5.09. The van der Waals surface area contributed by atoms with Gasteiger partial charge in [-0.1, -0.05) is 0 Å². The zero-order valence-electron chi connectivity index (χ0n) is 29.2. The Labute approximate surface area is 309 Å². The number of rotatable bonds is 11. The molecular weight excluding hydrogens is 708 g/mol. The van der Waals surface area contributed by atoms with Crippen molar-refractivity contribution in [2.24, 2.45) is 0 Å². The van der Waals surface area contributed by atoms with Gasteiger partial charge in [-0.3, -0.25) is 14.6 Å². The number of carboxylic acid groups (broad SMARTS) is 4. The van der Waals surface area contributed by atoms with Gasteiger partial charge >= 0.3 is 23.9 Å². The largest absolute Gasteiger partial charge is 0.508 e. The van der Waals surface area contributed by atoms with Crippen molar-refractivity contribution in [3.05, 3.63) is 77.4 Å². The first-order valence-corrected chi connectivity index (χ1v) is 17.8. The Bertz CT molecular complexity index is 1850. The van der Waals surface area contributed by atoms with Crippen LogP contribution in [0.5, 0.6) is 17.2 Å². The minimum atomic E-state index is -1.82. The number of carbonyl (C=O) groups is 5. The fraction of sp³-hybridized carbons (Fsp3) is 0.342. The third-order valence-electron chi connectivity index (χ3n) is 8.58. The summed E-state index contributed by atoms with van der Waals surface area (Å²) >= 11 is 1.53. The quantitative estimate of drug-likeness (QED) is 0.100. The number of carboxylic acids is 4. The molecule has 0 aliphatic carbocycles. The summed E-state index contributed by atoms with van der Waals surface area (Å²) in [7, 11) is 0. The van der Waals surface area contributed by atoms with E-state index in [-0.39, 0.29) is 11.5 Å². The van der Waals surface area contributed by atoms with E-state index in [1.165, 1.54) is 37.0 Å². The van der Waals surface area contributed by atoms with Crippen LogP contribution in [0.25, 0.3) is 20.5 Å². The lowest BCUT2D eigenvalue weighted by Crippen LogP contribution is -2.25. The van der Waals surface area contributed by atoms with E-state index in [9.17, 15) is 9.90 Å². The summed E-state index contributed by atoms with van der Waals surface area (Å²) in [6, 6.07) is 19.2. The molecule has 0 saturated carbocycles. The first-order valence-electron chi connectivity index (χ1n) is 17.0. The Kier molecular flexibility index (Phi) is 14.7. The number of phenols is 1. The number of aromatic hydroxyl groups is 1. The van der Waals surface area contributed by atoms with Gasteiger partial charge in [0.25, 0.3) is 0 Å². The maximum absolute atomic E-state index is 14.0. The number of benzene rings is 3. The van der Waals surface area contributed by atoms with Crippen LogP contribution in [0.3, 0.4) is 0 Å². The van der Waals surface area contributed by atoms with Crippen molar-refractivity contribution in [3.63, 3.8) is 0 Å². The van der Waals surface area contributed by atoms with Crippen molar-refractivity contribution in [1.29, 1.82) is 0 Å². The highest BCUT2D eigenvalue weighted by Gasteiger charge is 2.23. The minimum Gasteiger partial charge on any atom is -0.508 e. The number of thiophene rings is 1. The number of fused-ring (bicyclic) bond motifs is 1. The molecule has 4 aromatic rings. The van der Waals surface area contributed by atoms with Crippen molar-refractivity contribution >= 4 is 51.1 Å². The van der Waals surface area contributed by atoms with Gasteiger partial charge in [-0.05, 0) is 131 Å². The highest BCUT2D eigenvalue weighted by atomic mass is 32.1. The number of likely N-dealkylation sites (tertiary alicyclic amines) is 2. The molecule has 3 aromatic carbocycles. The summed E-state index contributed by atoms with van der Waals surface area (Å²) in [4.78, 5) is 56.2. The van der Waals surface area contributed by atoms with E-state index in [0.717, 1.165) is 76.9 Å². The van der Waals surface area contributed by atoms with Gasteiger partial charge in [-0.25, -0.2) is 19.2 Å². The number of hydrogen-bond acceptors (Lipinski definition) is 11. The van der Waals surface area contributed by atoms with Gasteiger partial charge in [-0.15, -0.1) is 11.3 Å². The molecule has 14 nitrogen and oxygen atoms in total. The Morgan fingerprint density at radius 3 is 1.53 bits per heavy atom. The number of hydrogen-bond donors (Lipinski definition) is 5. The molecule has 15 heteroatoms. The van der Waals surface area contributed by atoms with E-state index in [4.69, 9.17) is 49.1 Å². The van der Waals surface area contributed by atoms with Crippen LogP contribution in [0.2, 0.25) is 0 Å². The van der Waals surface area contributed by atoms with Gasteiger partial charge in [0.1, 0.15) is 30.5 Å². The second-order valence-corrected chi connectivity index (χ2v) is 13.4. The summed E-state index contributed by atoms with van der Waals surface area (Å²) in [5.74, 6) is -5.49. The van der Waals surface area contributed by atoms with E-state index in [2.05, 4.69) is 9.80 Å². The van der Waals surface area contributed by atoms with Crippen molar-refractivity contribution in [2.45, 2.75) is 32.6 Å². The Balaban J connectivity index is 0.000000453. The van der Waals surface area contributed by atoms with E-state index >= 15 is 0 Å². The fourth-order valence-electron chi connectivity index (χ4n) is 5.82. The third kappa shape index (κ3) is 11.8. The number of aryl methyl sites for hydroxylation is 1. The first-order chi connectivity index (χ1) is 25.3. The summed E-state index contributed by atoms with van der Waals surface area (Å²) < 4.78 is 12.9. The SMILES string of the molecule is Cc1cc2c(C(=O)c3ccc(OCCN4CCCC4)cc3)c(-c3ccc(OCCN4CCCC4)cc3)sc2cc1O.O=C(O)C(=O)O.O=C(O)C(=O)O. The number of nitrogens with zero attached hydrogens (tertiary/aromatic N) is 2. The zero-order valence-corrected chi connectivity index (χ0v) is 30.0. The molecule has 2 aliphatic heterocycles. The number of ketones is 1. The molecule has 6 rings (SSSR count). The van der Waals surface area contributed by atoms with Crippen molar-refractivity contribution in [1.82, 2.24) is 9.80 Å². The predicted molar refractivity (Wildman–Crippen MR) is 196 cm³/mol.